The zero-order valence-corrected chi connectivity index (χ0v) is 19.9. The van der Waals surface area contributed by atoms with E-state index in [4.69, 9.17) is 18.9 Å². The minimum Gasteiger partial charge on any atom is -0.352 e. The summed E-state index contributed by atoms with van der Waals surface area (Å²) in [5, 5.41) is 0. The van der Waals surface area contributed by atoms with Gasteiger partial charge in [-0.2, -0.15) is 0 Å². The second kappa shape index (κ2) is 10.3. The van der Waals surface area contributed by atoms with E-state index in [9.17, 15) is 0 Å². The first-order chi connectivity index (χ1) is 10.4. The molecule has 0 bridgehead atoms. The van der Waals surface area contributed by atoms with Crippen LogP contribution >= 0.6 is 0 Å². The fraction of sp³-hybridized carbons (Fsp3) is 1.00. The quantitative estimate of drug-likeness (QED) is 0.394. The van der Waals surface area contributed by atoms with E-state index in [0.717, 1.165) is 0 Å². The van der Waals surface area contributed by atoms with Gasteiger partial charge in [-0.05, 0) is 69.2 Å². The molecule has 0 aromatic rings. The Morgan fingerprint density at radius 1 is 0.565 bits per heavy atom. The maximum atomic E-state index is 6.11. The summed E-state index contributed by atoms with van der Waals surface area (Å²) in [7, 11) is -1.09. The van der Waals surface area contributed by atoms with Gasteiger partial charge in [-0.25, -0.2) is 0 Å². The monoisotopic (exact) mass is 364 g/mol. The third-order valence-electron chi connectivity index (χ3n) is 3.20. The average Bonchev–Trinajstić information content (AvgIpc) is 2.22. The van der Waals surface area contributed by atoms with Gasteiger partial charge in [0.15, 0.2) is 0 Å². The molecule has 0 radical (unpaired) electrons. The van der Waals surface area contributed by atoms with Gasteiger partial charge >= 0.3 is 0 Å². The Bertz CT molecular complexity index is 270. The van der Waals surface area contributed by atoms with Gasteiger partial charge in [0.25, 0.3) is 0 Å². The van der Waals surface area contributed by atoms with Crippen LogP contribution in [-0.2, 0) is 18.9 Å². The average molecular weight is 365 g/mol. The van der Waals surface area contributed by atoms with Crippen LogP contribution in [0.3, 0.4) is 0 Å². The maximum absolute atomic E-state index is 6.11. The summed E-state index contributed by atoms with van der Waals surface area (Å²) in [6.45, 7) is 20.8. The minimum absolute atomic E-state index is 0.179. The summed E-state index contributed by atoms with van der Waals surface area (Å²) in [6, 6.07) is 0. The zero-order chi connectivity index (χ0) is 18.3. The SMILES string of the molecule is CC(C)OC(C)(OC(C)C)[SiH2]C[SiH2]C(C)(OC(C)C)OC(C)C. The lowest BCUT2D eigenvalue weighted by atomic mass is 10.4. The Morgan fingerprint density at radius 3 is 0.957 bits per heavy atom. The molecule has 0 aliphatic heterocycles. The summed E-state index contributed by atoms with van der Waals surface area (Å²) >= 11 is 0. The second-order valence-corrected chi connectivity index (χ2v) is 14.2. The molecule has 140 valence electrons. The van der Waals surface area contributed by atoms with E-state index >= 15 is 0 Å². The summed E-state index contributed by atoms with van der Waals surface area (Å²) in [4.78, 5) is 0. The van der Waals surface area contributed by atoms with E-state index in [2.05, 4.69) is 69.2 Å². The molecule has 0 rings (SSSR count). The first-order valence-electron chi connectivity index (χ1n) is 9.09. The molecule has 0 aromatic heterocycles. The Hall–Kier alpha value is 0.274. The van der Waals surface area contributed by atoms with Crippen molar-refractivity contribution >= 4 is 19.0 Å². The Morgan fingerprint density at radius 2 is 0.783 bits per heavy atom. The molecule has 0 heterocycles. The molecule has 23 heavy (non-hydrogen) atoms. The molecule has 0 spiro atoms. The van der Waals surface area contributed by atoms with Crippen LogP contribution in [0.15, 0.2) is 0 Å². The first kappa shape index (κ1) is 23.3. The van der Waals surface area contributed by atoms with Crippen molar-refractivity contribution in [3.63, 3.8) is 0 Å². The third-order valence-corrected chi connectivity index (χ3v) is 8.51. The molecule has 0 saturated carbocycles. The summed E-state index contributed by atoms with van der Waals surface area (Å²) in [5.41, 5.74) is 0.393. The maximum Gasteiger partial charge on any atom is 0.142 e. The van der Waals surface area contributed by atoms with Crippen molar-refractivity contribution in [2.45, 2.75) is 110 Å². The van der Waals surface area contributed by atoms with Gasteiger partial charge in [-0.1, -0.05) is 5.67 Å². The smallest absolute Gasteiger partial charge is 0.142 e. The number of ether oxygens (including phenoxy) is 4. The van der Waals surface area contributed by atoms with Gasteiger partial charge in [-0.15, -0.1) is 0 Å². The summed E-state index contributed by atoms with van der Waals surface area (Å²) < 4.78 is 24.4. The highest BCUT2D eigenvalue weighted by atomic mass is 28.3. The van der Waals surface area contributed by atoms with Gasteiger partial charge in [-0.3, -0.25) is 0 Å². The fourth-order valence-electron chi connectivity index (χ4n) is 3.02. The van der Waals surface area contributed by atoms with E-state index in [1.807, 2.05) is 0 Å². The van der Waals surface area contributed by atoms with Gasteiger partial charge in [0, 0.05) is 0 Å². The summed E-state index contributed by atoms with van der Waals surface area (Å²) in [5.74, 6) is 0. The lowest BCUT2D eigenvalue weighted by molar-refractivity contribution is -0.207. The number of rotatable bonds is 12. The van der Waals surface area contributed by atoms with Crippen LogP contribution in [0.1, 0.15) is 69.2 Å². The van der Waals surface area contributed by atoms with Gasteiger partial charge < -0.3 is 18.9 Å². The van der Waals surface area contributed by atoms with E-state index in [-0.39, 0.29) is 24.4 Å². The number of hydrogen-bond acceptors (Lipinski definition) is 4. The van der Waals surface area contributed by atoms with Gasteiger partial charge in [0.1, 0.15) is 10.8 Å². The highest BCUT2D eigenvalue weighted by Gasteiger charge is 2.33. The largest absolute Gasteiger partial charge is 0.352 e. The molecule has 0 unspecified atom stereocenters. The molecule has 0 aliphatic carbocycles. The first-order valence-corrected chi connectivity index (χ1v) is 12.5. The van der Waals surface area contributed by atoms with E-state index < -0.39 is 29.9 Å². The Kier molecular flexibility index (Phi) is 10.4. The molecule has 4 nitrogen and oxygen atoms in total. The van der Waals surface area contributed by atoms with Crippen LogP contribution in [0.25, 0.3) is 0 Å². The Labute approximate surface area is 148 Å². The van der Waals surface area contributed by atoms with E-state index in [1.54, 1.807) is 0 Å². The van der Waals surface area contributed by atoms with Crippen molar-refractivity contribution in [1.82, 2.24) is 0 Å². The molecule has 0 saturated heterocycles. The molecule has 0 aliphatic rings. The van der Waals surface area contributed by atoms with Crippen molar-refractivity contribution in [3.8, 4) is 0 Å². The molecular weight excluding hydrogens is 324 g/mol. The van der Waals surface area contributed by atoms with Crippen LogP contribution < -0.4 is 0 Å². The molecule has 0 aromatic carbocycles. The zero-order valence-electron chi connectivity index (χ0n) is 17.1. The van der Waals surface area contributed by atoms with Crippen molar-refractivity contribution in [2.24, 2.45) is 0 Å². The minimum atomic E-state index is -0.547. The molecule has 0 N–H and O–H groups in total. The number of hydrogen-bond donors (Lipinski definition) is 0. The molecule has 0 amide bonds. The van der Waals surface area contributed by atoms with Crippen molar-refractivity contribution in [2.75, 3.05) is 0 Å². The lowest BCUT2D eigenvalue weighted by Crippen LogP contribution is -2.47. The predicted molar refractivity (Wildman–Crippen MR) is 104 cm³/mol. The second-order valence-electron chi connectivity index (χ2n) is 7.79. The molecule has 0 fully saturated rings. The summed E-state index contributed by atoms with van der Waals surface area (Å²) in [6.07, 6.45) is 0.715. The highest BCUT2D eigenvalue weighted by molar-refractivity contribution is 6.58. The molecule has 0 atom stereocenters. The lowest BCUT2D eigenvalue weighted by Gasteiger charge is -2.36. The van der Waals surface area contributed by atoms with Crippen LogP contribution in [0.5, 0.6) is 0 Å². The topological polar surface area (TPSA) is 36.9 Å². The van der Waals surface area contributed by atoms with E-state index in [1.165, 1.54) is 5.67 Å². The van der Waals surface area contributed by atoms with Crippen LogP contribution in [0.2, 0.25) is 5.67 Å². The predicted octanol–water partition coefficient (Wildman–Crippen LogP) is 2.75. The third kappa shape index (κ3) is 11.5. The Balaban J connectivity index is 4.73. The molecular formula is C17H40O4Si2. The van der Waals surface area contributed by atoms with Crippen LogP contribution in [0.4, 0.5) is 0 Å². The van der Waals surface area contributed by atoms with Gasteiger partial charge in [0.05, 0.1) is 43.5 Å². The normalized spacial score (nSPS) is 14.9. The van der Waals surface area contributed by atoms with Crippen molar-refractivity contribution in [1.29, 1.82) is 0 Å². The fourth-order valence-corrected chi connectivity index (χ4v) is 10.7. The van der Waals surface area contributed by atoms with Crippen LogP contribution in [0, 0.1) is 0 Å². The van der Waals surface area contributed by atoms with Crippen LogP contribution in [-0.4, -0.2) is 54.3 Å². The highest BCUT2D eigenvalue weighted by Crippen LogP contribution is 2.21. The van der Waals surface area contributed by atoms with E-state index in [0.29, 0.717) is 0 Å². The van der Waals surface area contributed by atoms with Crippen molar-refractivity contribution < 1.29 is 18.9 Å². The standard InChI is InChI=1S/C17H40O4Si2/c1-12(2)18-16(9,19-13(3)4)22-11-23-17(10,20-14(5)6)21-15(7)8/h12-15H,11,22-23H2,1-10H3. The molecule has 6 heteroatoms. The van der Waals surface area contributed by atoms with Crippen molar-refractivity contribution in [3.05, 3.63) is 0 Å². The van der Waals surface area contributed by atoms with Gasteiger partial charge in [0.2, 0.25) is 0 Å².